The van der Waals surface area contributed by atoms with Crippen LogP contribution in [-0.4, -0.2) is 15.0 Å². The van der Waals surface area contributed by atoms with Gasteiger partial charge in [-0.15, -0.1) is 5.10 Å². The highest BCUT2D eigenvalue weighted by Crippen LogP contribution is 2.42. The van der Waals surface area contributed by atoms with Gasteiger partial charge in [0, 0.05) is 16.0 Å². The van der Waals surface area contributed by atoms with Gasteiger partial charge in [0.05, 0.1) is 12.2 Å². The summed E-state index contributed by atoms with van der Waals surface area (Å²) < 4.78 is 1.84. The molecule has 1 aromatic heterocycles. The van der Waals surface area contributed by atoms with Crippen LogP contribution in [0.4, 0.5) is 5.82 Å². The molecule has 0 radical (unpaired) electrons. The second kappa shape index (κ2) is 4.44. The van der Waals surface area contributed by atoms with Crippen molar-refractivity contribution < 1.29 is 0 Å². The van der Waals surface area contributed by atoms with Crippen LogP contribution in [-0.2, 0) is 6.54 Å². The molecule has 6 heteroatoms. The third-order valence-corrected chi connectivity index (χ3v) is 3.69. The molecular weight excluding hydrogens is 271 g/mol. The summed E-state index contributed by atoms with van der Waals surface area (Å²) in [4.78, 5) is 0. The Morgan fingerprint density at radius 3 is 2.78 bits per heavy atom. The first kappa shape index (κ1) is 11.8. The van der Waals surface area contributed by atoms with Crippen LogP contribution in [0.1, 0.15) is 30.0 Å². The molecule has 1 aromatic carbocycles. The van der Waals surface area contributed by atoms with Gasteiger partial charge >= 0.3 is 0 Å². The van der Waals surface area contributed by atoms with E-state index < -0.39 is 0 Å². The topological polar surface area (TPSA) is 56.7 Å². The van der Waals surface area contributed by atoms with E-state index in [4.69, 9.17) is 28.9 Å². The minimum absolute atomic E-state index is 0.506. The van der Waals surface area contributed by atoms with Crippen molar-refractivity contribution in [2.45, 2.75) is 25.3 Å². The zero-order chi connectivity index (χ0) is 12.7. The maximum absolute atomic E-state index is 6.16. The minimum atomic E-state index is 0.506. The van der Waals surface area contributed by atoms with Crippen LogP contribution in [0.2, 0.25) is 10.0 Å². The molecule has 1 fully saturated rings. The summed E-state index contributed by atoms with van der Waals surface area (Å²) in [6, 6.07) is 5.45. The number of hydrogen-bond donors (Lipinski definition) is 1. The lowest BCUT2D eigenvalue weighted by atomic mass is 10.2. The average molecular weight is 283 g/mol. The van der Waals surface area contributed by atoms with Gasteiger partial charge in [-0.2, -0.15) is 0 Å². The van der Waals surface area contributed by atoms with Crippen molar-refractivity contribution in [3.05, 3.63) is 39.5 Å². The van der Waals surface area contributed by atoms with Crippen LogP contribution in [0.3, 0.4) is 0 Å². The molecule has 4 nitrogen and oxygen atoms in total. The maximum Gasteiger partial charge on any atom is 0.169 e. The van der Waals surface area contributed by atoms with E-state index in [0.717, 1.165) is 24.1 Å². The molecule has 1 aliphatic rings. The van der Waals surface area contributed by atoms with Crippen molar-refractivity contribution in [2.24, 2.45) is 0 Å². The summed E-state index contributed by atoms with van der Waals surface area (Å²) in [6.45, 7) is 0.575. The van der Waals surface area contributed by atoms with E-state index >= 15 is 0 Å². The van der Waals surface area contributed by atoms with Gasteiger partial charge < -0.3 is 5.73 Å². The van der Waals surface area contributed by atoms with Crippen LogP contribution in [0.25, 0.3) is 0 Å². The zero-order valence-electron chi connectivity index (χ0n) is 9.61. The fraction of sp³-hybridized carbons (Fsp3) is 0.333. The first-order chi connectivity index (χ1) is 8.65. The Bertz CT molecular complexity index is 590. The molecule has 0 bridgehead atoms. The first-order valence-electron chi connectivity index (χ1n) is 5.78. The van der Waals surface area contributed by atoms with Gasteiger partial charge in [-0.25, -0.2) is 4.68 Å². The smallest absolute Gasteiger partial charge is 0.169 e. The molecule has 0 atom stereocenters. The molecular formula is C12H12Cl2N4. The molecule has 3 rings (SSSR count). The number of aromatic nitrogens is 3. The minimum Gasteiger partial charge on any atom is -0.381 e. The van der Waals surface area contributed by atoms with Gasteiger partial charge in [0.15, 0.2) is 5.82 Å². The summed E-state index contributed by atoms with van der Waals surface area (Å²) in [5.41, 5.74) is 7.84. The Kier molecular flexibility index (Phi) is 2.92. The molecule has 0 saturated heterocycles. The molecule has 0 amide bonds. The third-order valence-electron chi connectivity index (χ3n) is 3.10. The predicted octanol–water partition coefficient (Wildman–Crippen LogP) is 3.09. The van der Waals surface area contributed by atoms with Gasteiger partial charge in [0.2, 0.25) is 0 Å². The molecule has 0 spiro atoms. The second-order valence-corrected chi connectivity index (χ2v) is 5.37. The second-order valence-electron chi connectivity index (χ2n) is 4.53. The Hall–Kier alpha value is -1.26. The quantitative estimate of drug-likeness (QED) is 0.941. The molecule has 0 unspecified atom stereocenters. The Labute approximate surface area is 115 Å². The lowest BCUT2D eigenvalue weighted by Gasteiger charge is -2.08. The number of rotatable bonds is 3. The highest BCUT2D eigenvalue weighted by molar-refractivity contribution is 6.35. The van der Waals surface area contributed by atoms with Crippen LogP contribution < -0.4 is 5.73 Å². The summed E-state index contributed by atoms with van der Waals surface area (Å²) in [5, 5.41) is 9.29. The third kappa shape index (κ3) is 2.18. The molecule has 18 heavy (non-hydrogen) atoms. The van der Waals surface area contributed by atoms with Gasteiger partial charge in [0.1, 0.15) is 0 Å². The summed E-state index contributed by atoms with van der Waals surface area (Å²) in [7, 11) is 0. The number of hydrogen-bond acceptors (Lipinski definition) is 3. The number of benzene rings is 1. The fourth-order valence-corrected chi connectivity index (χ4v) is 2.51. The number of anilines is 1. The molecule has 1 saturated carbocycles. The van der Waals surface area contributed by atoms with E-state index in [1.807, 2.05) is 16.8 Å². The van der Waals surface area contributed by atoms with Gasteiger partial charge in [0.25, 0.3) is 0 Å². The van der Waals surface area contributed by atoms with Crippen molar-refractivity contribution in [2.75, 3.05) is 5.73 Å². The molecule has 1 aliphatic carbocycles. The van der Waals surface area contributed by atoms with E-state index in [1.165, 1.54) is 0 Å². The normalized spacial score (nSPS) is 15.0. The monoisotopic (exact) mass is 282 g/mol. The number of nitrogens with zero attached hydrogens (tertiary/aromatic N) is 3. The number of nitrogen functional groups attached to an aromatic ring is 1. The fourth-order valence-electron chi connectivity index (χ4n) is 2.04. The van der Waals surface area contributed by atoms with Crippen molar-refractivity contribution in [1.82, 2.24) is 15.0 Å². The Morgan fingerprint density at radius 1 is 1.33 bits per heavy atom. The highest BCUT2D eigenvalue weighted by atomic mass is 35.5. The van der Waals surface area contributed by atoms with Crippen LogP contribution in [0.15, 0.2) is 18.2 Å². The van der Waals surface area contributed by atoms with Gasteiger partial charge in [-0.1, -0.05) is 34.5 Å². The van der Waals surface area contributed by atoms with Gasteiger partial charge in [-0.05, 0) is 30.5 Å². The SMILES string of the molecule is Nc1nnn(Cc2ccc(Cl)cc2Cl)c1C1CC1. The maximum atomic E-state index is 6.16. The molecule has 1 heterocycles. The Balaban J connectivity index is 1.92. The number of halogens is 2. The number of nitrogens with two attached hydrogens (primary N) is 1. The molecule has 2 aromatic rings. The summed E-state index contributed by atoms with van der Waals surface area (Å²) >= 11 is 12.0. The standard InChI is InChI=1S/C12H12Cl2N4/c13-9-4-3-8(10(14)5-9)6-18-11(7-1-2-7)12(15)16-17-18/h3-5,7H,1-2,6,15H2. The van der Waals surface area contributed by atoms with Crippen LogP contribution >= 0.6 is 23.2 Å². The first-order valence-corrected chi connectivity index (χ1v) is 6.53. The molecule has 0 aliphatic heterocycles. The summed E-state index contributed by atoms with van der Waals surface area (Å²) in [6.07, 6.45) is 2.32. The lowest BCUT2D eigenvalue weighted by Crippen LogP contribution is -2.07. The molecule has 2 N–H and O–H groups in total. The van der Waals surface area contributed by atoms with Crippen molar-refractivity contribution >= 4 is 29.0 Å². The van der Waals surface area contributed by atoms with E-state index in [1.54, 1.807) is 6.07 Å². The predicted molar refractivity (Wildman–Crippen MR) is 72.0 cm³/mol. The van der Waals surface area contributed by atoms with Crippen molar-refractivity contribution in [3.8, 4) is 0 Å². The molecule has 94 valence electrons. The highest BCUT2D eigenvalue weighted by Gasteiger charge is 2.30. The van der Waals surface area contributed by atoms with Gasteiger partial charge in [-0.3, -0.25) is 0 Å². The van der Waals surface area contributed by atoms with Crippen LogP contribution in [0, 0.1) is 0 Å². The average Bonchev–Trinajstić information content (AvgIpc) is 3.08. The van der Waals surface area contributed by atoms with E-state index in [-0.39, 0.29) is 0 Å². The van der Waals surface area contributed by atoms with E-state index in [0.29, 0.717) is 28.3 Å². The van der Waals surface area contributed by atoms with Crippen molar-refractivity contribution in [3.63, 3.8) is 0 Å². The van der Waals surface area contributed by atoms with E-state index in [9.17, 15) is 0 Å². The van der Waals surface area contributed by atoms with Crippen molar-refractivity contribution in [1.29, 1.82) is 0 Å². The van der Waals surface area contributed by atoms with Crippen LogP contribution in [0.5, 0.6) is 0 Å². The summed E-state index contributed by atoms with van der Waals surface area (Å²) in [5.74, 6) is 1.04. The largest absolute Gasteiger partial charge is 0.381 e. The lowest BCUT2D eigenvalue weighted by molar-refractivity contribution is 0.619. The Morgan fingerprint density at radius 2 is 2.11 bits per heavy atom. The zero-order valence-corrected chi connectivity index (χ0v) is 11.1. The van der Waals surface area contributed by atoms with E-state index in [2.05, 4.69) is 10.3 Å².